The SMILES string of the molecule is CCOC(=O)C(C)(N)CCSc1ccc(Cl)c(Cl)c1. The van der Waals surface area contributed by atoms with Crippen LogP contribution in [0.1, 0.15) is 20.3 Å². The second kappa shape index (κ2) is 7.39. The van der Waals surface area contributed by atoms with E-state index in [0.29, 0.717) is 28.8 Å². The van der Waals surface area contributed by atoms with Gasteiger partial charge in [0.15, 0.2) is 0 Å². The predicted molar refractivity (Wildman–Crippen MR) is 81.0 cm³/mol. The van der Waals surface area contributed by atoms with Gasteiger partial charge in [0.2, 0.25) is 0 Å². The van der Waals surface area contributed by atoms with Crippen molar-refractivity contribution in [2.75, 3.05) is 12.4 Å². The van der Waals surface area contributed by atoms with Crippen LogP contribution in [0.15, 0.2) is 23.1 Å². The van der Waals surface area contributed by atoms with Gasteiger partial charge >= 0.3 is 5.97 Å². The summed E-state index contributed by atoms with van der Waals surface area (Å²) in [6.45, 7) is 3.78. The lowest BCUT2D eigenvalue weighted by atomic mass is 10.0. The van der Waals surface area contributed by atoms with Crippen molar-refractivity contribution in [2.45, 2.75) is 30.7 Å². The summed E-state index contributed by atoms with van der Waals surface area (Å²) in [5.74, 6) is 0.328. The lowest BCUT2D eigenvalue weighted by Crippen LogP contribution is -2.46. The number of esters is 1. The largest absolute Gasteiger partial charge is 0.465 e. The van der Waals surface area contributed by atoms with E-state index in [4.69, 9.17) is 33.7 Å². The van der Waals surface area contributed by atoms with Gasteiger partial charge < -0.3 is 10.5 Å². The van der Waals surface area contributed by atoms with E-state index >= 15 is 0 Å². The summed E-state index contributed by atoms with van der Waals surface area (Å²) in [5.41, 5.74) is 4.97. The molecular formula is C13H17Cl2NO2S. The molecule has 1 atom stereocenters. The van der Waals surface area contributed by atoms with Crippen LogP contribution >= 0.6 is 35.0 Å². The van der Waals surface area contributed by atoms with Crippen molar-refractivity contribution in [2.24, 2.45) is 5.73 Å². The average molecular weight is 322 g/mol. The first-order valence-corrected chi connectivity index (χ1v) is 7.65. The number of carbonyl (C=O) groups excluding carboxylic acids is 1. The monoisotopic (exact) mass is 321 g/mol. The van der Waals surface area contributed by atoms with Crippen molar-refractivity contribution in [1.29, 1.82) is 0 Å². The Morgan fingerprint density at radius 2 is 2.11 bits per heavy atom. The summed E-state index contributed by atoms with van der Waals surface area (Å²) < 4.78 is 4.93. The number of hydrogen-bond acceptors (Lipinski definition) is 4. The van der Waals surface area contributed by atoms with Crippen molar-refractivity contribution in [1.82, 2.24) is 0 Å². The molecule has 0 saturated heterocycles. The fourth-order valence-electron chi connectivity index (χ4n) is 1.35. The molecule has 1 unspecified atom stereocenters. The van der Waals surface area contributed by atoms with Crippen LogP contribution in [0.25, 0.3) is 0 Å². The number of benzene rings is 1. The van der Waals surface area contributed by atoms with E-state index in [-0.39, 0.29) is 5.97 Å². The standard InChI is InChI=1S/C13H17Cl2NO2S/c1-3-18-12(17)13(2,16)6-7-19-9-4-5-10(14)11(15)8-9/h4-5,8H,3,6-7,16H2,1-2H3. The Morgan fingerprint density at radius 1 is 1.42 bits per heavy atom. The molecular weight excluding hydrogens is 305 g/mol. The molecule has 2 N–H and O–H groups in total. The molecule has 6 heteroatoms. The first-order chi connectivity index (χ1) is 8.86. The van der Waals surface area contributed by atoms with Gasteiger partial charge in [-0.25, -0.2) is 0 Å². The maximum absolute atomic E-state index is 11.6. The number of carbonyl (C=O) groups is 1. The van der Waals surface area contributed by atoms with E-state index < -0.39 is 5.54 Å². The van der Waals surface area contributed by atoms with Gasteiger partial charge in [-0.15, -0.1) is 11.8 Å². The first kappa shape index (κ1) is 16.6. The normalized spacial score (nSPS) is 13.9. The third kappa shape index (κ3) is 5.22. The Hall–Kier alpha value is -0.420. The number of halogens is 2. The zero-order valence-corrected chi connectivity index (χ0v) is 13.2. The minimum Gasteiger partial charge on any atom is -0.465 e. The third-order valence-corrected chi connectivity index (χ3v) is 4.26. The van der Waals surface area contributed by atoms with E-state index in [1.54, 1.807) is 37.7 Å². The van der Waals surface area contributed by atoms with Gasteiger partial charge in [-0.1, -0.05) is 23.2 Å². The highest BCUT2D eigenvalue weighted by Crippen LogP contribution is 2.29. The van der Waals surface area contributed by atoms with Crippen LogP contribution in [0.5, 0.6) is 0 Å². The molecule has 106 valence electrons. The van der Waals surface area contributed by atoms with Gasteiger partial charge in [-0.3, -0.25) is 4.79 Å². The summed E-state index contributed by atoms with van der Waals surface area (Å²) in [5, 5.41) is 1.05. The molecule has 0 heterocycles. The van der Waals surface area contributed by atoms with Crippen LogP contribution in [-0.2, 0) is 9.53 Å². The summed E-state index contributed by atoms with van der Waals surface area (Å²) in [7, 11) is 0. The second-order valence-electron chi connectivity index (χ2n) is 4.31. The molecule has 0 aliphatic carbocycles. The highest BCUT2D eigenvalue weighted by Gasteiger charge is 2.29. The van der Waals surface area contributed by atoms with Crippen LogP contribution in [0.2, 0.25) is 10.0 Å². The summed E-state index contributed by atoms with van der Waals surface area (Å²) in [6.07, 6.45) is 0.525. The molecule has 1 aromatic carbocycles. The topological polar surface area (TPSA) is 52.3 Å². The Bertz CT molecular complexity index is 452. The second-order valence-corrected chi connectivity index (χ2v) is 6.30. The van der Waals surface area contributed by atoms with Crippen molar-refractivity contribution < 1.29 is 9.53 Å². The van der Waals surface area contributed by atoms with Gasteiger partial charge in [0.1, 0.15) is 5.54 Å². The Balaban J connectivity index is 2.49. The first-order valence-electron chi connectivity index (χ1n) is 5.91. The number of ether oxygens (including phenoxy) is 1. The zero-order chi connectivity index (χ0) is 14.5. The van der Waals surface area contributed by atoms with Crippen LogP contribution in [0.3, 0.4) is 0 Å². The van der Waals surface area contributed by atoms with Crippen LogP contribution in [0.4, 0.5) is 0 Å². The van der Waals surface area contributed by atoms with Crippen molar-refractivity contribution in [3.63, 3.8) is 0 Å². The summed E-state index contributed by atoms with van der Waals surface area (Å²) in [6, 6.07) is 5.43. The van der Waals surface area contributed by atoms with E-state index in [1.807, 2.05) is 6.07 Å². The molecule has 0 amide bonds. The van der Waals surface area contributed by atoms with Gasteiger partial charge in [-0.2, -0.15) is 0 Å². The Labute approximate surface area is 127 Å². The van der Waals surface area contributed by atoms with Gasteiger partial charge in [0.05, 0.1) is 16.7 Å². The quantitative estimate of drug-likeness (QED) is 0.640. The van der Waals surface area contributed by atoms with Gasteiger partial charge in [-0.05, 0) is 38.5 Å². The lowest BCUT2D eigenvalue weighted by Gasteiger charge is -2.21. The molecule has 0 radical (unpaired) electrons. The van der Waals surface area contributed by atoms with E-state index in [0.717, 1.165) is 4.90 Å². The maximum atomic E-state index is 11.6. The molecule has 1 rings (SSSR count). The molecule has 3 nitrogen and oxygen atoms in total. The zero-order valence-electron chi connectivity index (χ0n) is 10.9. The molecule has 0 bridgehead atoms. The number of thioether (sulfide) groups is 1. The number of hydrogen-bond donors (Lipinski definition) is 1. The van der Waals surface area contributed by atoms with Crippen molar-refractivity contribution in [3.05, 3.63) is 28.2 Å². The Morgan fingerprint density at radius 3 is 2.68 bits per heavy atom. The Kier molecular flexibility index (Phi) is 6.47. The molecule has 0 fully saturated rings. The maximum Gasteiger partial charge on any atom is 0.325 e. The van der Waals surface area contributed by atoms with Crippen LogP contribution in [0, 0.1) is 0 Å². The molecule has 0 aromatic heterocycles. The molecule has 0 spiro atoms. The van der Waals surface area contributed by atoms with Crippen molar-refractivity contribution >= 4 is 40.9 Å². The van der Waals surface area contributed by atoms with Crippen molar-refractivity contribution in [3.8, 4) is 0 Å². The van der Waals surface area contributed by atoms with Gasteiger partial charge in [0, 0.05) is 10.6 Å². The highest BCUT2D eigenvalue weighted by atomic mass is 35.5. The average Bonchev–Trinajstić information content (AvgIpc) is 2.34. The molecule has 1 aromatic rings. The minimum absolute atomic E-state index is 0.339. The molecule has 0 saturated carbocycles. The predicted octanol–water partition coefficient (Wildman–Crippen LogP) is 3.76. The van der Waals surface area contributed by atoms with E-state index in [9.17, 15) is 4.79 Å². The smallest absolute Gasteiger partial charge is 0.325 e. The van der Waals surface area contributed by atoms with Crippen LogP contribution in [-0.4, -0.2) is 23.9 Å². The number of rotatable bonds is 6. The van der Waals surface area contributed by atoms with Gasteiger partial charge in [0.25, 0.3) is 0 Å². The summed E-state index contributed by atoms with van der Waals surface area (Å²) in [4.78, 5) is 12.6. The molecule has 0 aliphatic heterocycles. The molecule has 0 aliphatic rings. The highest BCUT2D eigenvalue weighted by molar-refractivity contribution is 7.99. The minimum atomic E-state index is -0.959. The fraction of sp³-hybridized carbons (Fsp3) is 0.462. The van der Waals surface area contributed by atoms with E-state index in [2.05, 4.69) is 0 Å². The lowest BCUT2D eigenvalue weighted by molar-refractivity contribution is -0.149. The third-order valence-electron chi connectivity index (χ3n) is 2.52. The number of nitrogens with two attached hydrogens (primary N) is 1. The van der Waals surface area contributed by atoms with E-state index in [1.165, 1.54) is 0 Å². The van der Waals surface area contributed by atoms with Crippen LogP contribution < -0.4 is 5.73 Å². The summed E-state index contributed by atoms with van der Waals surface area (Å²) >= 11 is 13.3. The fourth-order valence-corrected chi connectivity index (χ4v) is 2.84. The molecule has 19 heavy (non-hydrogen) atoms.